The van der Waals surface area contributed by atoms with E-state index in [0.29, 0.717) is 6.42 Å². The molecule has 6 heteroatoms. The number of amides is 2. The molecule has 1 saturated heterocycles. The van der Waals surface area contributed by atoms with Gasteiger partial charge in [0.1, 0.15) is 0 Å². The lowest BCUT2D eigenvalue weighted by molar-refractivity contribution is -0.140. The molecule has 1 aliphatic carbocycles. The Morgan fingerprint density at radius 2 is 1.96 bits per heavy atom. The molecule has 3 rings (SSSR count). The fourth-order valence-corrected chi connectivity index (χ4v) is 3.60. The monoisotopic (exact) mass is 368 g/mol. The van der Waals surface area contributed by atoms with Crippen molar-refractivity contribution in [1.82, 2.24) is 15.2 Å². The van der Waals surface area contributed by atoms with Gasteiger partial charge in [-0.05, 0) is 44.2 Å². The van der Waals surface area contributed by atoms with Gasteiger partial charge in [-0.1, -0.05) is 12.8 Å². The van der Waals surface area contributed by atoms with E-state index in [-0.39, 0.29) is 36.4 Å². The van der Waals surface area contributed by atoms with Gasteiger partial charge < -0.3 is 15.1 Å². The molecule has 0 radical (unpaired) electrons. The highest BCUT2D eigenvalue weighted by Gasteiger charge is 2.38. The Morgan fingerprint density at radius 3 is 2.52 bits per heavy atom. The number of hydrogen-bond acceptors (Lipinski definition) is 4. The van der Waals surface area contributed by atoms with Crippen molar-refractivity contribution >= 4 is 17.5 Å². The number of aromatic nitrogens is 1. The Hall–Kier alpha value is -2.55. The Labute approximate surface area is 161 Å². The number of hydrogen-bond donors (Lipinski definition) is 1. The highest BCUT2D eigenvalue weighted by Crippen LogP contribution is 2.31. The van der Waals surface area contributed by atoms with Crippen LogP contribution in [0.2, 0.25) is 0 Å². The molecule has 2 heterocycles. The summed E-state index contributed by atoms with van der Waals surface area (Å²) < 4.78 is 0. The van der Waals surface area contributed by atoms with Crippen molar-refractivity contribution < 1.29 is 9.59 Å². The predicted octanol–water partition coefficient (Wildman–Crippen LogP) is 1.82. The predicted molar refractivity (Wildman–Crippen MR) is 105 cm³/mol. The van der Waals surface area contributed by atoms with E-state index in [4.69, 9.17) is 6.42 Å². The van der Waals surface area contributed by atoms with E-state index in [1.165, 1.54) is 0 Å². The Bertz CT molecular complexity index is 688. The average Bonchev–Trinajstić information content (AvgIpc) is 3.55. The van der Waals surface area contributed by atoms with Gasteiger partial charge in [0.25, 0.3) is 0 Å². The lowest BCUT2D eigenvalue weighted by atomic mass is 9.94. The molecule has 1 aromatic rings. The van der Waals surface area contributed by atoms with Crippen LogP contribution in [-0.2, 0) is 9.59 Å². The number of pyridine rings is 1. The van der Waals surface area contributed by atoms with Gasteiger partial charge in [0.05, 0.1) is 12.6 Å². The van der Waals surface area contributed by atoms with Crippen molar-refractivity contribution in [2.24, 2.45) is 5.92 Å². The number of piperidine rings is 1. The van der Waals surface area contributed by atoms with Gasteiger partial charge in [-0.2, -0.15) is 0 Å². The van der Waals surface area contributed by atoms with Crippen LogP contribution in [0.25, 0.3) is 0 Å². The molecule has 1 aromatic heterocycles. The van der Waals surface area contributed by atoms with Gasteiger partial charge in [0, 0.05) is 43.1 Å². The molecule has 1 atom stereocenters. The molecule has 144 valence electrons. The maximum absolute atomic E-state index is 13.1. The molecular weight excluding hydrogens is 340 g/mol. The molecule has 0 bridgehead atoms. The average molecular weight is 368 g/mol. The second kappa shape index (κ2) is 8.90. The quantitative estimate of drug-likeness (QED) is 0.746. The molecule has 0 spiro atoms. The van der Waals surface area contributed by atoms with Gasteiger partial charge in [0.15, 0.2) is 0 Å². The Balaban J connectivity index is 1.55. The smallest absolute Gasteiger partial charge is 0.240 e. The first kappa shape index (κ1) is 19.2. The zero-order chi connectivity index (χ0) is 19.2. The lowest BCUT2D eigenvalue weighted by Crippen LogP contribution is -2.48. The number of nitrogens with one attached hydrogen (secondary N) is 1. The standard InChI is InChI=1S/C21H28N4O2/c1-3-17(4-2)23-20(26)15-25(19-5-6-19)21(27)16-9-13-24(14-10-16)18-7-11-22-12-8-18/h1,7-8,11-12,16-17,19H,4-6,9-10,13-15H2,2H3,(H,23,26)/t17-/m1/s1. The largest absolute Gasteiger partial charge is 0.371 e. The molecule has 0 aromatic carbocycles. The van der Waals surface area contributed by atoms with Gasteiger partial charge >= 0.3 is 0 Å². The summed E-state index contributed by atoms with van der Waals surface area (Å²) in [7, 11) is 0. The Kier molecular flexibility index (Phi) is 6.33. The van der Waals surface area contributed by atoms with Gasteiger partial charge in [0.2, 0.25) is 11.8 Å². The van der Waals surface area contributed by atoms with E-state index in [0.717, 1.165) is 44.5 Å². The summed E-state index contributed by atoms with van der Waals surface area (Å²) in [5.74, 6) is 2.52. The van der Waals surface area contributed by atoms with Crippen molar-refractivity contribution in [3.8, 4) is 12.3 Å². The second-order valence-electron chi connectivity index (χ2n) is 7.36. The molecule has 0 unspecified atom stereocenters. The normalized spacial score (nSPS) is 18.4. The minimum atomic E-state index is -0.266. The molecule has 1 N–H and O–H groups in total. The summed E-state index contributed by atoms with van der Waals surface area (Å²) in [6.07, 6.45) is 13.3. The molecule has 2 amide bonds. The zero-order valence-electron chi connectivity index (χ0n) is 15.9. The topological polar surface area (TPSA) is 65.5 Å². The van der Waals surface area contributed by atoms with Crippen molar-refractivity contribution in [2.45, 2.75) is 51.1 Å². The van der Waals surface area contributed by atoms with Gasteiger partial charge in [-0.15, -0.1) is 6.42 Å². The van der Waals surface area contributed by atoms with Crippen molar-refractivity contribution in [3.05, 3.63) is 24.5 Å². The molecule has 2 aliphatic rings. The van der Waals surface area contributed by atoms with Gasteiger partial charge in [-0.25, -0.2) is 0 Å². The summed E-state index contributed by atoms with van der Waals surface area (Å²) >= 11 is 0. The minimum Gasteiger partial charge on any atom is -0.371 e. The third-order valence-electron chi connectivity index (χ3n) is 5.40. The fraction of sp³-hybridized carbons (Fsp3) is 0.571. The van der Waals surface area contributed by atoms with Crippen LogP contribution in [0.15, 0.2) is 24.5 Å². The van der Waals surface area contributed by atoms with Crippen LogP contribution in [0.4, 0.5) is 5.69 Å². The number of nitrogens with zero attached hydrogens (tertiary/aromatic N) is 3. The third-order valence-corrected chi connectivity index (χ3v) is 5.40. The molecule has 1 aliphatic heterocycles. The van der Waals surface area contributed by atoms with Crippen LogP contribution < -0.4 is 10.2 Å². The van der Waals surface area contributed by atoms with Crippen molar-refractivity contribution in [1.29, 1.82) is 0 Å². The van der Waals surface area contributed by atoms with E-state index in [1.807, 2.05) is 19.1 Å². The van der Waals surface area contributed by atoms with Crippen LogP contribution in [0.5, 0.6) is 0 Å². The van der Waals surface area contributed by atoms with E-state index in [1.54, 1.807) is 17.3 Å². The third kappa shape index (κ3) is 5.00. The molecule has 27 heavy (non-hydrogen) atoms. The fourth-order valence-electron chi connectivity index (χ4n) is 3.60. The lowest BCUT2D eigenvalue weighted by Gasteiger charge is -2.35. The SMILES string of the molecule is C#C[C@H](CC)NC(=O)CN(C(=O)C1CCN(c2ccncc2)CC1)C1CC1. The van der Waals surface area contributed by atoms with Crippen LogP contribution in [0, 0.1) is 18.3 Å². The maximum Gasteiger partial charge on any atom is 0.240 e. The molecule has 1 saturated carbocycles. The number of carbonyl (C=O) groups is 2. The van der Waals surface area contributed by atoms with Crippen LogP contribution in [0.3, 0.4) is 0 Å². The highest BCUT2D eigenvalue weighted by atomic mass is 16.2. The van der Waals surface area contributed by atoms with Crippen LogP contribution in [-0.4, -0.2) is 53.4 Å². The molecule has 6 nitrogen and oxygen atoms in total. The number of terminal acetylenes is 1. The summed E-state index contributed by atoms with van der Waals surface area (Å²) in [5.41, 5.74) is 1.15. The van der Waals surface area contributed by atoms with E-state index >= 15 is 0 Å². The van der Waals surface area contributed by atoms with E-state index in [2.05, 4.69) is 21.1 Å². The minimum absolute atomic E-state index is 0.00825. The first-order valence-corrected chi connectivity index (χ1v) is 9.83. The van der Waals surface area contributed by atoms with E-state index in [9.17, 15) is 9.59 Å². The second-order valence-corrected chi connectivity index (χ2v) is 7.36. The first-order valence-electron chi connectivity index (χ1n) is 9.83. The van der Waals surface area contributed by atoms with Gasteiger partial charge in [-0.3, -0.25) is 14.6 Å². The highest BCUT2D eigenvalue weighted by molar-refractivity contribution is 5.87. The molecular formula is C21H28N4O2. The Morgan fingerprint density at radius 1 is 1.30 bits per heavy atom. The summed E-state index contributed by atoms with van der Waals surface area (Å²) in [6.45, 7) is 3.75. The summed E-state index contributed by atoms with van der Waals surface area (Å²) in [4.78, 5) is 33.5. The van der Waals surface area contributed by atoms with E-state index < -0.39 is 0 Å². The number of carbonyl (C=O) groups excluding carboxylic acids is 2. The van der Waals surface area contributed by atoms with Crippen LogP contribution >= 0.6 is 0 Å². The number of anilines is 1. The molecule has 2 fully saturated rings. The number of rotatable bonds is 7. The maximum atomic E-state index is 13.1. The van der Waals surface area contributed by atoms with Crippen molar-refractivity contribution in [3.63, 3.8) is 0 Å². The van der Waals surface area contributed by atoms with Crippen molar-refractivity contribution in [2.75, 3.05) is 24.5 Å². The summed E-state index contributed by atoms with van der Waals surface area (Å²) in [6, 6.07) is 3.95. The summed E-state index contributed by atoms with van der Waals surface area (Å²) in [5, 5.41) is 2.83. The first-order chi connectivity index (χ1) is 13.1. The van der Waals surface area contributed by atoms with Crippen LogP contribution in [0.1, 0.15) is 39.0 Å². The zero-order valence-corrected chi connectivity index (χ0v) is 15.9.